The zero-order valence-corrected chi connectivity index (χ0v) is 18.4. The number of amides is 1. The highest BCUT2D eigenvalue weighted by Crippen LogP contribution is 2.36. The van der Waals surface area contributed by atoms with Crippen LogP contribution in [0.5, 0.6) is 11.5 Å². The van der Waals surface area contributed by atoms with Gasteiger partial charge < -0.3 is 9.47 Å². The molecule has 2 aromatic rings. The van der Waals surface area contributed by atoms with E-state index in [9.17, 15) is 9.59 Å². The fraction of sp³-hybridized carbons (Fsp3) is 0.286. The highest BCUT2D eigenvalue weighted by Gasteiger charge is 2.26. The Morgan fingerprint density at radius 3 is 2.60 bits per heavy atom. The van der Waals surface area contributed by atoms with Gasteiger partial charge in [-0.25, -0.2) is 15.6 Å². The second-order valence-electron chi connectivity index (χ2n) is 7.00. The van der Waals surface area contributed by atoms with Crippen molar-refractivity contribution < 1.29 is 19.1 Å². The molecule has 2 unspecified atom stereocenters. The van der Waals surface area contributed by atoms with E-state index >= 15 is 0 Å². The Kier molecular flexibility index (Phi) is 7.20. The smallest absolute Gasteiger partial charge is 0.343 e. The Hall–Kier alpha value is -2.75. The van der Waals surface area contributed by atoms with Crippen LogP contribution in [0.1, 0.15) is 34.8 Å². The van der Waals surface area contributed by atoms with Gasteiger partial charge in [-0.05, 0) is 66.0 Å². The highest BCUT2D eigenvalue weighted by molar-refractivity contribution is 9.10. The van der Waals surface area contributed by atoms with Crippen LogP contribution in [0.3, 0.4) is 0 Å². The molecule has 0 spiro atoms. The topological polar surface area (TPSA) is 101 Å². The highest BCUT2D eigenvalue weighted by atomic mass is 79.9. The third-order valence-electron chi connectivity index (χ3n) is 4.53. The first-order valence-electron chi connectivity index (χ1n) is 9.37. The molecule has 1 aliphatic rings. The Labute approximate surface area is 183 Å². The van der Waals surface area contributed by atoms with Crippen molar-refractivity contribution in [3.63, 3.8) is 0 Å². The molecule has 3 rings (SSSR count). The van der Waals surface area contributed by atoms with Gasteiger partial charge in [0, 0.05) is 6.04 Å². The molecule has 2 aromatic carbocycles. The van der Waals surface area contributed by atoms with E-state index in [2.05, 4.69) is 37.3 Å². The summed E-state index contributed by atoms with van der Waals surface area (Å²) in [5.74, 6) is -0.0973. The van der Waals surface area contributed by atoms with Gasteiger partial charge in [0.25, 0.3) is 5.91 Å². The van der Waals surface area contributed by atoms with E-state index in [4.69, 9.17) is 9.47 Å². The Morgan fingerprint density at radius 1 is 1.23 bits per heavy atom. The van der Waals surface area contributed by atoms with Crippen LogP contribution in [-0.2, 0) is 4.79 Å². The van der Waals surface area contributed by atoms with Gasteiger partial charge in [-0.2, -0.15) is 5.10 Å². The van der Waals surface area contributed by atoms with Crippen molar-refractivity contribution in [3.8, 4) is 11.5 Å². The molecule has 3 N–H and O–H groups in total. The van der Waals surface area contributed by atoms with Gasteiger partial charge in [-0.1, -0.05) is 17.7 Å². The number of carbonyl (C=O) groups is 2. The Bertz CT molecular complexity index is 962. The molecule has 1 amide bonds. The summed E-state index contributed by atoms with van der Waals surface area (Å²) in [5.41, 5.74) is 10.6. The summed E-state index contributed by atoms with van der Waals surface area (Å²) < 4.78 is 11.4. The molecule has 1 aliphatic heterocycles. The average molecular weight is 475 g/mol. The van der Waals surface area contributed by atoms with Crippen molar-refractivity contribution in [3.05, 3.63) is 57.6 Å². The van der Waals surface area contributed by atoms with E-state index in [0.29, 0.717) is 27.8 Å². The van der Waals surface area contributed by atoms with Gasteiger partial charge in [0.05, 0.1) is 23.4 Å². The molecule has 1 saturated heterocycles. The normalized spacial score (nSPS) is 18.4. The number of methoxy groups -OCH3 is 1. The zero-order chi connectivity index (χ0) is 21.7. The standard InChI is InChI=1S/C21H23BrN4O4/c1-12-4-6-15(7-5-12)21(28)30-19-16(22)9-14(10-18(19)29-3)11-23-26-20(27)17-8-13(2)24-25-17/h4-7,9-11,13,17,24-25H,8H2,1-3H3,(H,26,27)/b23-11+. The lowest BCUT2D eigenvalue weighted by Crippen LogP contribution is -2.41. The van der Waals surface area contributed by atoms with Crippen LogP contribution in [0.2, 0.25) is 0 Å². The minimum Gasteiger partial charge on any atom is -0.493 e. The molecular weight excluding hydrogens is 452 g/mol. The lowest BCUT2D eigenvalue weighted by atomic mass is 10.1. The largest absolute Gasteiger partial charge is 0.493 e. The van der Waals surface area contributed by atoms with Crippen LogP contribution in [0.25, 0.3) is 0 Å². The molecule has 0 saturated carbocycles. The second-order valence-corrected chi connectivity index (χ2v) is 7.86. The quantitative estimate of drug-likeness (QED) is 0.257. The lowest BCUT2D eigenvalue weighted by Gasteiger charge is -2.12. The molecule has 0 radical (unpaired) electrons. The number of hydrogen-bond acceptors (Lipinski definition) is 7. The van der Waals surface area contributed by atoms with Crippen molar-refractivity contribution in [1.29, 1.82) is 0 Å². The maximum absolute atomic E-state index is 12.4. The molecule has 158 valence electrons. The number of rotatable bonds is 6. The van der Waals surface area contributed by atoms with Crippen LogP contribution < -0.4 is 25.8 Å². The predicted octanol–water partition coefficient (Wildman–Crippen LogP) is 2.69. The van der Waals surface area contributed by atoms with Crippen LogP contribution in [0.15, 0.2) is 46.0 Å². The first kappa shape index (κ1) is 21.9. The summed E-state index contributed by atoms with van der Waals surface area (Å²) in [4.78, 5) is 24.5. The van der Waals surface area contributed by atoms with Gasteiger partial charge in [0.15, 0.2) is 11.5 Å². The van der Waals surface area contributed by atoms with Crippen LogP contribution >= 0.6 is 15.9 Å². The summed E-state index contributed by atoms with van der Waals surface area (Å²) in [6, 6.07) is 10.4. The van der Waals surface area contributed by atoms with E-state index in [1.807, 2.05) is 26.0 Å². The predicted molar refractivity (Wildman–Crippen MR) is 117 cm³/mol. The van der Waals surface area contributed by atoms with Crippen molar-refractivity contribution in [2.24, 2.45) is 5.10 Å². The minimum absolute atomic E-state index is 0.222. The Balaban J connectivity index is 1.69. The monoisotopic (exact) mass is 474 g/mol. The summed E-state index contributed by atoms with van der Waals surface area (Å²) in [6.45, 7) is 3.93. The number of hydrazine groups is 1. The van der Waals surface area contributed by atoms with Crippen LogP contribution in [0.4, 0.5) is 0 Å². The van der Waals surface area contributed by atoms with E-state index in [1.165, 1.54) is 13.3 Å². The minimum atomic E-state index is -0.491. The van der Waals surface area contributed by atoms with E-state index < -0.39 is 5.97 Å². The third-order valence-corrected chi connectivity index (χ3v) is 5.12. The fourth-order valence-electron chi connectivity index (χ4n) is 2.89. The maximum Gasteiger partial charge on any atom is 0.343 e. The molecule has 0 aliphatic carbocycles. The van der Waals surface area contributed by atoms with Crippen LogP contribution in [0, 0.1) is 6.92 Å². The number of ether oxygens (including phenoxy) is 2. The number of nitrogens with one attached hydrogen (secondary N) is 3. The fourth-order valence-corrected chi connectivity index (χ4v) is 3.43. The van der Waals surface area contributed by atoms with E-state index in [1.54, 1.807) is 24.3 Å². The summed E-state index contributed by atoms with van der Waals surface area (Å²) in [6.07, 6.45) is 2.17. The van der Waals surface area contributed by atoms with Crippen molar-refractivity contribution in [1.82, 2.24) is 16.3 Å². The number of hydrazone groups is 1. The van der Waals surface area contributed by atoms with E-state index in [-0.39, 0.29) is 23.7 Å². The average Bonchev–Trinajstić information content (AvgIpc) is 3.16. The number of aryl methyl sites for hydroxylation is 1. The molecule has 0 bridgehead atoms. The molecule has 8 nitrogen and oxygen atoms in total. The number of halogens is 1. The first-order valence-corrected chi connectivity index (χ1v) is 10.2. The summed E-state index contributed by atoms with van der Waals surface area (Å²) in [7, 11) is 1.48. The first-order chi connectivity index (χ1) is 14.4. The summed E-state index contributed by atoms with van der Waals surface area (Å²) >= 11 is 3.41. The second kappa shape index (κ2) is 9.84. The van der Waals surface area contributed by atoms with Gasteiger partial charge in [-0.3, -0.25) is 10.2 Å². The molecule has 0 aromatic heterocycles. The van der Waals surface area contributed by atoms with Crippen molar-refractivity contribution >= 4 is 34.0 Å². The molecule has 9 heteroatoms. The molecular formula is C21H23BrN4O4. The summed E-state index contributed by atoms with van der Waals surface area (Å²) in [5, 5.41) is 4.00. The van der Waals surface area contributed by atoms with Crippen molar-refractivity contribution in [2.75, 3.05) is 7.11 Å². The number of nitrogens with zero attached hydrogens (tertiary/aromatic N) is 1. The molecule has 2 atom stereocenters. The molecule has 30 heavy (non-hydrogen) atoms. The van der Waals surface area contributed by atoms with Gasteiger partial charge >= 0.3 is 5.97 Å². The maximum atomic E-state index is 12.4. The molecule has 1 heterocycles. The molecule has 1 fully saturated rings. The number of carbonyl (C=O) groups excluding carboxylic acids is 2. The third kappa shape index (κ3) is 5.44. The van der Waals surface area contributed by atoms with E-state index in [0.717, 1.165) is 5.56 Å². The van der Waals surface area contributed by atoms with Gasteiger partial charge in [0.1, 0.15) is 6.04 Å². The number of hydrogen-bond donors (Lipinski definition) is 3. The van der Waals surface area contributed by atoms with Crippen LogP contribution in [-0.4, -0.2) is 37.3 Å². The Morgan fingerprint density at radius 2 is 1.97 bits per heavy atom. The number of benzene rings is 2. The van der Waals surface area contributed by atoms with Crippen molar-refractivity contribution in [2.45, 2.75) is 32.4 Å². The SMILES string of the molecule is COc1cc(/C=N/NC(=O)C2CC(C)NN2)cc(Br)c1OC(=O)c1ccc(C)cc1. The lowest BCUT2D eigenvalue weighted by molar-refractivity contribution is -0.122. The number of esters is 1. The zero-order valence-electron chi connectivity index (χ0n) is 16.9. The van der Waals surface area contributed by atoms with Gasteiger partial charge in [0.2, 0.25) is 0 Å². The van der Waals surface area contributed by atoms with Gasteiger partial charge in [-0.15, -0.1) is 0 Å².